The lowest BCUT2D eigenvalue weighted by Crippen LogP contribution is -2.44. The molecule has 1 unspecified atom stereocenters. The van der Waals surface area contributed by atoms with E-state index < -0.39 is 29.6 Å². The van der Waals surface area contributed by atoms with Crippen LogP contribution in [0.4, 0.5) is 9.18 Å². The van der Waals surface area contributed by atoms with E-state index in [4.69, 9.17) is 5.11 Å². The van der Waals surface area contributed by atoms with Crippen molar-refractivity contribution < 1.29 is 23.9 Å². The highest BCUT2D eigenvalue weighted by Gasteiger charge is 2.17. The lowest BCUT2D eigenvalue weighted by atomic mass is 10.0. The molecule has 2 rings (SSSR count). The largest absolute Gasteiger partial charge is 0.481 e. The molecule has 7 nitrogen and oxygen atoms in total. The van der Waals surface area contributed by atoms with Crippen molar-refractivity contribution in [2.45, 2.75) is 39.2 Å². The minimum absolute atomic E-state index is 0.0697. The summed E-state index contributed by atoms with van der Waals surface area (Å²) in [6, 6.07) is 10.4. The first kappa shape index (κ1) is 24.7. The number of halogens is 1. The van der Waals surface area contributed by atoms with Gasteiger partial charge in [0.1, 0.15) is 5.82 Å². The van der Waals surface area contributed by atoms with Gasteiger partial charge in [-0.2, -0.15) is 0 Å². The van der Waals surface area contributed by atoms with E-state index in [9.17, 15) is 18.8 Å². The zero-order valence-electron chi connectivity index (χ0n) is 18.2. The zero-order chi connectivity index (χ0) is 23.5. The molecule has 0 aromatic heterocycles. The van der Waals surface area contributed by atoms with Crippen molar-refractivity contribution in [3.8, 4) is 0 Å². The first-order valence-electron chi connectivity index (χ1n) is 10.3. The van der Waals surface area contributed by atoms with Crippen LogP contribution in [0.3, 0.4) is 0 Å². The number of hydrogen-bond donors (Lipinski definition) is 4. The van der Waals surface area contributed by atoms with Crippen LogP contribution in [0.5, 0.6) is 0 Å². The van der Waals surface area contributed by atoms with Gasteiger partial charge in [-0.05, 0) is 47.7 Å². The lowest BCUT2D eigenvalue weighted by molar-refractivity contribution is -0.136. The number of imide groups is 1. The first-order valence-corrected chi connectivity index (χ1v) is 10.3. The summed E-state index contributed by atoms with van der Waals surface area (Å²) < 4.78 is 13.0. The minimum Gasteiger partial charge on any atom is -0.481 e. The van der Waals surface area contributed by atoms with Crippen LogP contribution in [0.25, 0.3) is 6.08 Å². The van der Waals surface area contributed by atoms with E-state index in [1.807, 2.05) is 31.2 Å². The Morgan fingerprint density at radius 3 is 2.50 bits per heavy atom. The van der Waals surface area contributed by atoms with Crippen molar-refractivity contribution in [2.75, 3.05) is 6.67 Å². The van der Waals surface area contributed by atoms with Crippen molar-refractivity contribution in [1.82, 2.24) is 16.0 Å². The van der Waals surface area contributed by atoms with Crippen molar-refractivity contribution in [3.63, 3.8) is 0 Å². The molecule has 0 heterocycles. The molecule has 0 saturated heterocycles. The van der Waals surface area contributed by atoms with Crippen molar-refractivity contribution in [2.24, 2.45) is 0 Å². The van der Waals surface area contributed by atoms with Crippen LogP contribution in [0, 0.1) is 5.82 Å². The van der Waals surface area contributed by atoms with Crippen LogP contribution in [-0.2, 0) is 22.6 Å². The second kappa shape index (κ2) is 12.4. The van der Waals surface area contributed by atoms with E-state index >= 15 is 0 Å². The van der Waals surface area contributed by atoms with Crippen molar-refractivity contribution in [3.05, 3.63) is 76.6 Å². The number of rotatable bonds is 10. The molecule has 2 aromatic carbocycles. The summed E-state index contributed by atoms with van der Waals surface area (Å²) in [4.78, 5) is 35.2. The van der Waals surface area contributed by atoms with Crippen LogP contribution in [0.1, 0.15) is 48.4 Å². The molecule has 4 N–H and O–H groups in total. The van der Waals surface area contributed by atoms with Crippen LogP contribution in [-0.4, -0.2) is 29.7 Å². The van der Waals surface area contributed by atoms with Gasteiger partial charge in [-0.15, -0.1) is 0 Å². The summed E-state index contributed by atoms with van der Waals surface area (Å²) in [5, 5.41) is 16.9. The monoisotopic (exact) mass is 441 g/mol. The van der Waals surface area contributed by atoms with E-state index in [0.717, 1.165) is 17.5 Å². The molecule has 170 valence electrons. The molecule has 0 spiro atoms. The predicted molar refractivity (Wildman–Crippen MR) is 120 cm³/mol. The molecule has 2 aromatic rings. The highest BCUT2D eigenvalue weighted by molar-refractivity contribution is 5.97. The molecule has 0 aliphatic carbocycles. The molecule has 32 heavy (non-hydrogen) atoms. The molecule has 0 bridgehead atoms. The number of allylic oxidation sites excluding steroid dienone is 1. The van der Waals surface area contributed by atoms with Gasteiger partial charge in [0.05, 0.1) is 19.0 Å². The fourth-order valence-corrected chi connectivity index (χ4v) is 3.01. The maximum Gasteiger partial charge on any atom is 0.322 e. The number of nitrogens with one attached hydrogen (secondary N) is 3. The summed E-state index contributed by atoms with van der Waals surface area (Å²) in [7, 11) is 0. The second-order valence-electron chi connectivity index (χ2n) is 7.29. The highest BCUT2D eigenvalue weighted by atomic mass is 19.1. The van der Waals surface area contributed by atoms with Gasteiger partial charge in [-0.3, -0.25) is 20.2 Å². The van der Waals surface area contributed by atoms with E-state index in [2.05, 4.69) is 16.0 Å². The van der Waals surface area contributed by atoms with Gasteiger partial charge in [0.25, 0.3) is 0 Å². The number of amides is 3. The Bertz CT molecular complexity index is 974. The second-order valence-corrected chi connectivity index (χ2v) is 7.29. The van der Waals surface area contributed by atoms with E-state index in [1.54, 1.807) is 13.0 Å². The van der Waals surface area contributed by atoms with Gasteiger partial charge in [-0.1, -0.05) is 49.4 Å². The van der Waals surface area contributed by atoms with E-state index in [0.29, 0.717) is 17.7 Å². The lowest BCUT2D eigenvalue weighted by Gasteiger charge is -2.13. The normalized spacial score (nSPS) is 11.8. The third kappa shape index (κ3) is 7.96. The molecular formula is C24H28FN3O4. The summed E-state index contributed by atoms with van der Waals surface area (Å²) in [5.41, 5.74) is 3.15. The molecular weight excluding hydrogens is 413 g/mol. The predicted octanol–water partition coefficient (Wildman–Crippen LogP) is 3.55. The average Bonchev–Trinajstić information content (AvgIpc) is 2.75. The summed E-state index contributed by atoms with van der Waals surface area (Å²) >= 11 is 0. The summed E-state index contributed by atoms with van der Waals surface area (Å²) in [6.45, 7) is 4.15. The maximum atomic E-state index is 13.0. The third-order valence-corrected chi connectivity index (χ3v) is 4.79. The fraction of sp³-hybridized carbons (Fsp3) is 0.292. The topological polar surface area (TPSA) is 108 Å². The Balaban J connectivity index is 1.86. The summed E-state index contributed by atoms with van der Waals surface area (Å²) in [6.07, 6.45) is 4.78. The Labute approximate surface area is 186 Å². The Morgan fingerprint density at radius 1 is 1.12 bits per heavy atom. The smallest absolute Gasteiger partial charge is 0.322 e. The molecule has 0 aliphatic rings. The van der Waals surface area contributed by atoms with Gasteiger partial charge < -0.3 is 10.4 Å². The number of aliphatic carboxylic acids is 1. The standard InChI is InChI=1S/C24H28FN3O4/c1-3-4-5-19-7-6-17(13-22(29)30)12-20(19)14-26-15-27-24(32)28-23(31)16(2)18-8-10-21(25)11-9-18/h4-12,16,26H,3,13-15H2,1-2H3,(H,29,30)(H2,27,28,31,32)/b5-4+. The SMILES string of the molecule is CC/C=C/c1ccc(CC(=O)O)cc1CNCNC(=O)NC(=O)C(C)c1ccc(F)cc1. The highest BCUT2D eigenvalue weighted by Crippen LogP contribution is 2.16. The number of carbonyl (C=O) groups excluding carboxylic acids is 2. The molecule has 0 radical (unpaired) electrons. The Kier molecular flexibility index (Phi) is 9.56. The number of carboxylic acids is 1. The number of carbonyl (C=O) groups is 3. The molecule has 0 fully saturated rings. The van der Waals surface area contributed by atoms with Crippen molar-refractivity contribution in [1.29, 1.82) is 0 Å². The Hall–Kier alpha value is -3.52. The minimum atomic E-state index is -0.904. The molecule has 3 amide bonds. The first-order chi connectivity index (χ1) is 15.3. The third-order valence-electron chi connectivity index (χ3n) is 4.79. The molecule has 8 heteroatoms. The quantitative estimate of drug-likeness (QED) is 0.333. The Morgan fingerprint density at radius 2 is 1.84 bits per heavy atom. The van der Waals surface area contributed by atoms with Crippen LogP contribution < -0.4 is 16.0 Å². The van der Waals surface area contributed by atoms with Crippen LogP contribution in [0.15, 0.2) is 48.5 Å². The molecule has 1 atom stereocenters. The number of urea groups is 1. The average molecular weight is 442 g/mol. The fourth-order valence-electron chi connectivity index (χ4n) is 3.01. The molecule has 0 aliphatic heterocycles. The van der Waals surface area contributed by atoms with Gasteiger partial charge in [0.2, 0.25) is 5.91 Å². The van der Waals surface area contributed by atoms with E-state index in [1.165, 1.54) is 24.3 Å². The summed E-state index contributed by atoms with van der Waals surface area (Å²) in [5.74, 6) is -2.41. The van der Waals surface area contributed by atoms with Gasteiger partial charge in [0.15, 0.2) is 0 Å². The number of carboxylic acid groups (broad SMARTS) is 1. The van der Waals surface area contributed by atoms with Crippen molar-refractivity contribution >= 4 is 24.0 Å². The van der Waals surface area contributed by atoms with Gasteiger partial charge in [0, 0.05) is 6.54 Å². The number of benzene rings is 2. The maximum absolute atomic E-state index is 13.0. The van der Waals surface area contributed by atoms with Gasteiger partial charge in [-0.25, -0.2) is 9.18 Å². The molecule has 0 saturated carbocycles. The van der Waals surface area contributed by atoms with Crippen LogP contribution in [0.2, 0.25) is 0 Å². The van der Waals surface area contributed by atoms with Gasteiger partial charge >= 0.3 is 12.0 Å². The number of hydrogen-bond acceptors (Lipinski definition) is 4. The van der Waals surface area contributed by atoms with E-state index in [-0.39, 0.29) is 13.1 Å². The zero-order valence-corrected chi connectivity index (χ0v) is 18.2. The van der Waals surface area contributed by atoms with Crippen LogP contribution >= 0.6 is 0 Å².